The highest BCUT2D eigenvalue weighted by molar-refractivity contribution is 5.75. The number of amides is 2. The standard InChI is InChI=1S/C17H24FN3O/c1-14-3-2-8-21(13-14)17(22)20-11-9-19(10-12-20)16-6-4-15(18)5-7-16/h4-7,14H,2-3,8-13H2,1H3. The summed E-state index contributed by atoms with van der Waals surface area (Å²) in [4.78, 5) is 18.7. The van der Waals surface area contributed by atoms with Gasteiger partial charge in [0.1, 0.15) is 5.82 Å². The molecule has 2 fully saturated rings. The first kappa shape index (κ1) is 15.1. The SMILES string of the molecule is CC1CCCN(C(=O)N2CCN(c3ccc(F)cc3)CC2)C1. The number of hydrogen-bond acceptors (Lipinski definition) is 2. The van der Waals surface area contributed by atoms with Gasteiger partial charge in [0.15, 0.2) is 0 Å². The van der Waals surface area contributed by atoms with E-state index < -0.39 is 0 Å². The average molecular weight is 305 g/mol. The minimum Gasteiger partial charge on any atom is -0.368 e. The zero-order valence-corrected chi connectivity index (χ0v) is 13.2. The van der Waals surface area contributed by atoms with Crippen molar-refractivity contribution in [1.29, 1.82) is 0 Å². The van der Waals surface area contributed by atoms with Gasteiger partial charge >= 0.3 is 6.03 Å². The lowest BCUT2D eigenvalue weighted by Crippen LogP contribution is -2.54. The second-order valence-corrected chi connectivity index (χ2v) is 6.43. The van der Waals surface area contributed by atoms with E-state index in [0.29, 0.717) is 5.92 Å². The minimum atomic E-state index is -0.211. The van der Waals surface area contributed by atoms with Crippen LogP contribution in [0.25, 0.3) is 0 Å². The Balaban J connectivity index is 1.55. The van der Waals surface area contributed by atoms with E-state index in [2.05, 4.69) is 11.8 Å². The van der Waals surface area contributed by atoms with Gasteiger partial charge < -0.3 is 14.7 Å². The highest BCUT2D eigenvalue weighted by Gasteiger charge is 2.27. The highest BCUT2D eigenvalue weighted by atomic mass is 19.1. The average Bonchev–Trinajstić information content (AvgIpc) is 2.55. The zero-order valence-electron chi connectivity index (χ0n) is 13.2. The van der Waals surface area contributed by atoms with Crippen molar-refractivity contribution in [1.82, 2.24) is 9.80 Å². The van der Waals surface area contributed by atoms with Crippen molar-refractivity contribution in [2.75, 3.05) is 44.2 Å². The predicted octanol–water partition coefficient (Wildman–Crippen LogP) is 2.80. The van der Waals surface area contributed by atoms with Crippen LogP contribution in [0, 0.1) is 11.7 Å². The molecule has 0 radical (unpaired) electrons. The van der Waals surface area contributed by atoms with Crippen LogP contribution < -0.4 is 4.90 Å². The second-order valence-electron chi connectivity index (χ2n) is 6.43. The van der Waals surface area contributed by atoms with E-state index in [4.69, 9.17) is 0 Å². The molecule has 4 nitrogen and oxygen atoms in total. The quantitative estimate of drug-likeness (QED) is 0.797. The molecule has 120 valence electrons. The number of piperazine rings is 1. The monoisotopic (exact) mass is 305 g/mol. The summed E-state index contributed by atoms with van der Waals surface area (Å²) in [6.45, 7) is 7.08. The molecule has 2 aliphatic rings. The molecule has 0 spiro atoms. The molecule has 1 atom stereocenters. The van der Waals surface area contributed by atoms with Crippen molar-refractivity contribution < 1.29 is 9.18 Å². The maximum absolute atomic E-state index is 13.0. The Morgan fingerprint density at radius 1 is 1.05 bits per heavy atom. The minimum absolute atomic E-state index is 0.185. The number of rotatable bonds is 1. The number of nitrogens with zero attached hydrogens (tertiary/aromatic N) is 3. The Labute approximate surface area is 131 Å². The first-order valence-electron chi connectivity index (χ1n) is 8.18. The molecule has 2 aliphatic heterocycles. The molecule has 2 amide bonds. The van der Waals surface area contributed by atoms with Crippen molar-refractivity contribution in [3.8, 4) is 0 Å². The Morgan fingerprint density at radius 3 is 2.36 bits per heavy atom. The summed E-state index contributed by atoms with van der Waals surface area (Å²) in [6.07, 6.45) is 2.34. The number of carbonyl (C=O) groups is 1. The second kappa shape index (κ2) is 6.55. The summed E-state index contributed by atoms with van der Waals surface area (Å²) >= 11 is 0. The molecule has 1 aromatic rings. The third-order valence-corrected chi connectivity index (χ3v) is 4.67. The molecule has 5 heteroatoms. The molecule has 22 heavy (non-hydrogen) atoms. The van der Waals surface area contributed by atoms with Gasteiger partial charge in [0.25, 0.3) is 0 Å². The van der Waals surface area contributed by atoms with Crippen LogP contribution in [0.3, 0.4) is 0 Å². The van der Waals surface area contributed by atoms with Gasteiger partial charge in [-0.1, -0.05) is 6.92 Å². The van der Waals surface area contributed by atoms with Crippen LogP contribution in [0.1, 0.15) is 19.8 Å². The van der Waals surface area contributed by atoms with E-state index in [1.165, 1.54) is 18.6 Å². The topological polar surface area (TPSA) is 26.8 Å². The maximum Gasteiger partial charge on any atom is 0.320 e. The molecule has 0 aliphatic carbocycles. The van der Waals surface area contributed by atoms with E-state index in [-0.39, 0.29) is 11.8 Å². The number of anilines is 1. The third-order valence-electron chi connectivity index (χ3n) is 4.67. The molecular formula is C17H24FN3O. The molecule has 3 rings (SSSR count). The summed E-state index contributed by atoms with van der Waals surface area (Å²) in [6, 6.07) is 6.77. The van der Waals surface area contributed by atoms with Crippen LogP contribution in [-0.4, -0.2) is 55.1 Å². The van der Waals surface area contributed by atoms with Gasteiger partial charge in [-0.15, -0.1) is 0 Å². The van der Waals surface area contributed by atoms with Crippen LogP contribution in [0.5, 0.6) is 0 Å². The van der Waals surface area contributed by atoms with Gasteiger partial charge in [-0.3, -0.25) is 0 Å². The molecule has 0 N–H and O–H groups in total. The molecule has 1 aromatic carbocycles. The van der Waals surface area contributed by atoms with E-state index in [0.717, 1.165) is 51.4 Å². The van der Waals surface area contributed by atoms with E-state index >= 15 is 0 Å². The van der Waals surface area contributed by atoms with Crippen LogP contribution in [0.2, 0.25) is 0 Å². The molecule has 1 unspecified atom stereocenters. The predicted molar refractivity (Wildman–Crippen MR) is 85.6 cm³/mol. The van der Waals surface area contributed by atoms with Gasteiger partial charge in [-0.05, 0) is 43.0 Å². The number of urea groups is 1. The first-order valence-corrected chi connectivity index (χ1v) is 8.18. The molecule has 0 saturated carbocycles. The first-order chi connectivity index (χ1) is 10.6. The van der Waals surface area contributed by atoms with Gasteiger partial charge in [-0.25, -0.2) is 9.18 Å². The summed E-state index contributed by atoms with van der Waals surface area (Å²) in [5, 5.41) is 0. The largest absolute Gasteiger partial charge is 0.368 e. The number of hydrogen-bond donors (Lipinski definition) is 0. The van der Waals surface area contributed by atoms with Gasteiger partial charge in [-0.2, -0.15) is 0 Å². The molecular weight excluding hydrogens is 281 g/mol. The van der Waals surface area contributed by atoms with Crippen molar-refractivity contribution >= 4 is 11.7 Å². The normalized spacial score (nSPS) is 22.8. The molecule has 2 saturated heterocycles. The fourth-order valence-electron chi connectivity index (χ4n) is 3.37. The summed E-state index contributed by atoms with van der Waals surface area (Å²) in [5.74, 6) is 0.398. The zero-order chi connectivity index (χ0) is 15.5. The lowest BCUT2D eigenvalue weighted by Gasteiger charge is -2.40. The van der Waals surface area contributed by atoms with Crippen LogP contribution >= 0.6 is 0 Å². The van der Waals surface area contributed by atoms with Crippen LogP contribution in [0.4, 0.5) is 14.9 Å². The Kier molecular flexibility index (Phi) is 4.50. The summed E-state index contributed by atoms with van der Waals surface area (Å²) < 4.78 is 13.0. The number of halogens is 1. The van der Waals surface area contributed by atoms with Crippen molar-refractivity contribution in [3.05, 3.63) is 30.1 Å². The lowest BCUT2D eigenvalue weighted by atomic mass is 10.0. The fourth-order valence-corrected chi connectivity index (χ4v) is 3.37. The highest BCUT2D eigenvalue weighted by Crippen LogP contribution is 2.20. The van der Waals surface area contributed by atoms with Gasteiger partial charge in [0.2, 0.25) is 0 Å². The van der Waals surface area contributed by atoms with Crippen molar-refractivity contribution in [2.45, 2.75) is 19.8 Å². The fraction of sp³-hybridized carbons (Fsp3) is 0.588. The number of piperidine rings is 1. The van der Waals surface area contributed by atoms with E-state index in [9.17, 15) is 9.18 Å². The lowest BCUT2D eigenvalue weighted by molar-refractivity contribution is 0.129. The van der Waals surface area contributed by atoms with Crippen LogP contribution in [-0.2, 0) is 0 Å². The number of carbonyl (C=O) groups excluding carboxylic acids is 1. The van der Waals surface area contributed by atoms with Crippen molar-refractivity contribution in [3.63, 3.8) is 0 Å². The van der Waals surface area contributed by atoms with E-state index in [1.807, 2.05) is 9.80 Å². The van der Waals surface area contributed by atoms with Gasteiger partial charge in [0.05, 0.1) is 0 Å². The molecule has 2 heterocycles. The number of likely N-dealkylation sites (tertiary alicyclic amines) is 1. The maximum atomic E-state index is 13.0. The molecule has 0 bridgehead atoms. The Morgan fingerprint density at radius 2 is 1.73 bits per heavy atom. The summed E-state index contributed by atoms with van der Waals surface area (Å²) in [5.41, 5.74) is 1.03. The smallest absolute Gasteiger partial charge is 0.320 e. The van der Waals surface area contributed by atoms with Crippen LogP contribution in [0.15, 0.2) is 24.3 Å². The van der Waals surface area contributed by atoms with Crippen molar-refractivity contribution in [2.24, 2.45) is 5.92 Å². The number of benzene rings is 1. The Bertz CT molecular complexity index is 511. The Hall–Kier alpha value is -1.78. The summed E-state index contributed by atoms with van der Waals surface area (Å²) in [7, 11) is 0. The van der Waals surface area contributed by atoms with Gasteiger partial charge in [0, 0.05) is 45.0 Å². The molecule has 0 aromatic heterocycles. The third kappa shape index (κ3) is 3.34. The van der Waals surface area contributed by atoms with E-state index in [1.54, 1.807) is 12.1 Å².